The summed E-state index contributed by atoms with van der Waals surface area (Å²) in [5, 5.41) is 0. The monoisotopic (exact) mass is 654 g/mol. The molecular formula is C26H27IN2O10. The van der Waals surface area contributed by atoms with Crippen molar-refractivity contribution in [3.8, 4) is 11.5 Å². The lowest BCUT2D eigenvalue weighted by Gasteiger charge is -2.29. The van der Waals surface area contributed by atoms with E-state index in [9.17, 15) is 24.0 Å². The second-order valence-electron chi connectivity index (χ2n) is 10.2. The van der Waals surface area contributed by atoms with Crippen LogP contribution in [0.4, 0.5) is 15.3 Å². The summed E-state index contributed by atoms with van der Waals surface area (Å²) >= 11 is 1.91. The first-order chi connectivity index (χ1) is 18.0. The summed E-state index contributed by atoms with van der Waals surface area (Å²) in [6, 6.07) is 4.08. The van der Waals surface area contributed by atoms with Gasteiger partial charge in [-0.05, 0) is 76.3 Å². The van der Waals surface area contributed by atoms with Crippen molar-refractivity contribution >= 4 is 63.5 Å². The van der Waals surface area contributed by atoms with Gasteiger partial charge in [-0.15, -0.1) is 0 Å². The van der Waals surface area contributed by atoms with Gasteiger partial charge in [0.1, 0.15) is 39.2 Å². The van der Waals surface area contributed by atoms with Crippen molar-refractivity contribution in [2.24, 2.45) is 0 Å². The quantitative estimate of drug-likeness (QED) is 0.160. The molecule has 0 aromatic heterocycles. The van der Waals surface area contributed by atoms with E-state index >= 15 is 0 Å². The Kier molecular flexibility index (Phi) is 8.24. The number of benzene rings is 2. The Morgan fingerprint density at radius 1 is 0.872 bits per heavy atom. The molecule has 1 aromatic carbocycles. The standard InChI is InChI=1S/C26H27IN2O10/c1-25(2,3)38-23(33)29(24(34)39-26(4,5)6)20-13(30)11-15-19(17(20)22(32)36-8)28-18-14(37-15)10-9-12(27)16(18)21(31)35-7/h9-11H,1-8H3. The number of halogens is 1. The normalized spacial score (nSPS) is 11.7. The predicted molar refractivity (Wildman–Crippen MR) is 147 cm³/mol. The highest BCUT2D eigenvalue weighted by molar-refractivity contribution is 14.1. The van der Waals surface area contributed by atoms with E-state index in [1.54, 1.807) is 47.6 Å². The Labute approximate surface area is 237 Å². The maximum Gasteiger partial charge on any atom is 0.424 e. The first-order valence-corrected chi connectivity index (χ1v) is 12.6. The minimum atomic E-state index is -1.28. The van der Waals surface area contributed by atoms with Crippen molar-refractivity contribution in [1.29, 1.82) is 0 Å². The molecule has 208 valence electrons. The second kappa shape index (κ2) is 10.8. The van der Waals surface area contributed by atoms with Gasteiger partial charge in [0.25, 0.3) is 0 Å². The van der Waals surface area contributed by atoms with Gasteiger partial charge in [-0.25, -0.2) is 24.2 Å². The van der Waals surface area contributed by atoms with Crippen LogP contribution in [-0.4, -0.2) is 54.5 Å². The van der Waals surface area contributed by atoms with Crippen LogP contribution in [0.15, 0.2) is 27.4 Å². The Balaban J connectivity index is 2.49. The van der Waals surface area contributed by atoms with Gasteiger partial charge < -0.3 is 23.4 Å². The summed E-state index contributed by atoms with van der Waals surface area (Å²) in [5.41, 5.74) is -4.50. The molecule has 13 heteroatoms. The topological polar surface area (TPSA) is 152 Å². The minimum absolute atomic E-state index is 0.0112. The van der Waals surface area contributed by atoms with Gasteiger partial charge in [0.05, 0.1) is 14.2 Å². The van der Waals surface area contributed by atoms with Gasteiger partial charge in [-0.3, -0.25) is 4.79 Å². The second-order valence-corrected chi connectivity index (χ2v) is 11.4. The van der Waals surface area contributed by atoms with Crippen LogP contribution in [0.5, 0.6) is 0 Å². The predicted octanol–water partition coefficient (Wildman–Crippen LogP) is 5.15. The average Bonchev–Trinajstić information content (AvgIpc) is 2.80. The first-order valence-electron chi connectivity index (χ1n) is 11.5. The van der Waals surface area contributed by atoms with Crippen molar-refractivity contribution < 1.29 is 42.5 Å². The number of amides is 2. The molecule has 0 saturated carbocycles. The Bertz CT molecular complexity index is 1490. The molecule has 0 fully saturated rings. The van der Waals surface area contributed by atoms with E-state index in [2.05, 4.69) is 4.98 Å². The maximum atomic E-state index is 13.4. The van der Waals surface area contributed by atoms with Crippen LogP contribution in [0.2, 0.25) is 0 Å². The highest BCUT2D eigenvalue weighted by Crippen LogP contribution is 2.35. The van der Waals surface area contributed by atoms with Crippen LogP contribution in [0.25, 0.3) is 22.6 Å². The number of anilines is 1. The average molecular weight is 654 g/mol. The van der Waals surface area contributed by atoms with Crippen molar-refractivity contribution in [3.63, 3.8) is 0 Å². The van der Waals surface area contributed by atoms with E-state index < -0.39 is 52.0 Å². The molecule has 1 aliphatic heterocycles. The number of rotatable bonds is 3. The van der Waals surface area contributed by atoms with Crippen LogP contribution < -0.4 is 10.3 Å². The van der Waals surface area contributed by atoms with Gasteiger partial charge in [0.15, 0.2) is 11.3 Å². The van der Waals surface area contributed by atoms with E-state index in [4.69, 9.17) is 23.4 Å². The smallest absolute Gasteiger partial charge is 0.424 e. The Morgan fingerprint density at radius 2 is 1.38 bits per heavy atom. The molecule has 0 atom stereocenters. The molecule has 39 heavy (non-hydrogen) atoms. The summed E-state index contributed by atoms with van der Waals surface area (Å²) in [6.07, 6.45) is -2.55. The first kappa shape index (κ1) is 29.8. The number of esters is 2. The number of ether oxygens (including phenoxy) is 4. The van der Waals surface area contributed by atoms with Crippen molar-refractivity contribution in [2.75, 3.05) is 19.1 Å². The molecule has 0 N–H and O–H groups in total. The van der Waals surface area contributed by atoms with Gasteiger partial charge in [-0.1, -0.05) is 0 Å². The number of methoxy groups -OCH3 is 2. The fourth-order valence-corrected chi connectivity index (χ4v) is 4.12. The molecule has 1 aromatic rings. The zero-order chi connectivity index (χ0) is 29.4. The Morgan fingerprint density at radius 3 is 1.87 bits per heavy atom. The number of nitrogens with zero attached hydrogens (tertiary/aromatic N) is 2. The number of aromatic nitrogens is 1. The number of carbonyl (C=O) groups excluding carboxylic acids is 4. The molecule has 0 bridgehead atoms. The van der Waals surface area contributed by atoms with Gasteiger partial charge in [0.2, 0.25) is 5.43 Å². The third-order valence-electron chi connectivity index (χ3n) is 4.89. The van der Waals surface area contributed by atoms with Crippen molar-refractivity contribution in [2.45, 2.75) is 52.7 Å². The molecule has 2 amide bonds. The van der Waals surface area contributed by atoms with Crippen molar-refractivity contribution in [3.05, 3.63) is 43.1 Å². The summed E-state index contributed by atoms with van der Waals surface area (Å²) in [6.45, 7) is 9.34. The molecule has 0 radical (unpaired) electrons. The van der Waals surface area contributed by atoms with Gasteiger partial charge in [0, 0.05) is 9.64 Å². The van der Waals surface area contributed by atoms with E-state index in [1.807, 2.05) is 22.6 Å². The molecule has 0 unspecified atom stereocenters. The molecule has 12 nitrogen and oxygen atoms in total. The summed E-state index contributed by atoms with van der Waals surface area (Å²) in [4.78, 5) is 70.5. The molecule has 0 saturated heterocycles. The lowest BCUT2D eigenvalue weighted by molar-refractivity contribution is 0.0429. The zero-order valence-electron chi connectivity index (χ0n) is 22.6. The van der Waals surface area contributed by atoms with E-state index in [0.29, 0.717) is 8.47 Å². The van der Waals surface area contributed by atoms with Crippen LogP contribution in [0.1, 0.15) is 62.3 Å². The summed E-state index contributed by atoms with van der Waals surface area (Å²) < 4.78 is 26.8. The fraction of sp³-hybridized carbons (Fsp3) is 0.385. The van der Waals surface area contributed by atoms with Gasteiger partial charge >= 0.3 is 24.1 Å². The minimum Gasteiger partial charge on any atom is -0.465 e. The SMILES string of the molecule is COC(=O)c1c2nc3c(C(=O)OC)c(I)ccc3oc-2cc(=O)c1N(C(=O)OC(C)(C)C)C(=O)OC(C)(C)C. The van der Waals surface area contributed by atoms with E-state index in [1.165, 1.54) is 13.2 Å². The number of hydrogen-bond donors (Lipinski definition) is 0. The van der Waals surface area contributed by atoms with E-state index in [0.717, 1.165) is 13.2 Å². The highest BCUT2D eigenvalue weighted by Gasteiger charge is 2.40. The third-order valence-corrected chi connectivity index (χ3v) is 5.79. The van der Waals surface area contributed by atoms with Crippen molar-refractivity contribution in [1.82, 2.24) is 4.98 Å². The Hall–Kier alpha value is -3.75. The van der Waals surface area contributed by atoms with Crippen LogP contribution in [0, 0.1) is 3.57 Å². The molecule has 1 heterocycles. The largest absolute Gasteiger partial charge is 0.465 e. The highest BCUT2D eigenvalue weighted by atomic mass is 127. The molecule has 2 aliphatic rings. The third kappa shape index (κ3) is 6.29. The lowest BCUT2D eigenvalue weighted by atomic mass is 10.0. The molecule has 1 aliphatic carbocycles. The molecule has 3 rings (SSSR count). The van der Waals surface area contributed by atoms with Crippen LogP contribution >= 0.6 is 22.6 Å². The van der Waals surface area contributed by atoms with Gasteiger partial charge in [-0.2, -0.15) is 4.90 Å². The van der Waals surface area contributed by atoms with E-state index in [-0.39, 0.29) is 28.1 Å². The molecule has 0 spiro atoms. The van der Waals surface area contributed by atoms with Crippen LogP contribution in [-0.2, 0) is 18.9 Å². The fourth-order valence-electron chi connectivity index (χ4n) is 3.46. The zero-order valence-corrected chi connectivity index (χ0v) is 24.7. The number of hydrogen-bond acceptors (Lipinski definition) is 11. The summed E-state index contributed by atoms with van der Waals surface area (Å²) in [5.74, 6) is -2.00. The molecular weight excluding hydrogens is 627 g/mol. The number of fused-ring (bicyclic) bond motifs is 2. The van der Waals surface area contributed by atoms with Crippen LogP contribution in [0.3, 0.4) is 0 Å². The summed E-state index contributed by atoms with van der Waals surface area (Å²) in [7, 11) is 2.23. The number of carbonyl (C=O) groups is 4. The maximum absolute atomic E-state index is 13.4. The lowest BCUT2D eigenvalue weighted by Crippen LogP contribution is -2.46. The number of imide groups is 1.